The minimum Gasteiger partial charge on any atom is -1.00 e. The number of nitrogens with zero attached hydrogens (tertiary/aromatic N) is 13. The Morgan fingerprint density at radius 3 is 2.10 bits per heavy atom. The molecule has 0 aromatic carbocycles. The van der Waals surface area contributed by atoms with E-state index in [1.54, 1.807) is 33.8 Å². The SMILES string of the molecule is C#CCOCCOCCOCCNc1nc(N2CCN(C(=O)Cn3cc(CCC[NH+]=C(N)N)nn3)CC2)nc(N2CCN(C(=O)[C@H]([C@@H](C)O)n3cc(CCCC[NH3+])nn3)CC2)n1.[Cl-]. The third-order valence-electron chi connectivity index (χ3n) is 10.2. The maximum absolute atomic E-state index is 13.8. The summed E-state index contributed by atoms with van der Waals surface area (Å²) < 4.78 is 19.5. The maximum atomic E-state index is 13.8. The maximum Gasteiger partial charge on any atom is 0.338 e. The van der Waals surface area contributed by atoms with Gasteiger partial charge in [-0.2, -0.15) is 15.0 Å². The quantitative estimate of drug-likeness (QED) is 0.0189. The van der Waals surface area contributed by atoms with Gasteiger partial charge in [0.2, 0.25) is 29.7 Å². The van der Waals surface area contributed by atoms with E-state index in [1.807, 2.05) is 9.80 Å². The largest absolute Gasteiger partial charge is 1.00 e. The molecule has 0 aliphatic carbocycles. The molecule has 0 bridgehead atoms. The number of carbonyl (C=O) groups excluding carboxylic acids is 2. The molecule has 25 heteroatoms. The molecule has 0 spiro atoms. The first-order valence-corrected chi connectivity index (χ1v) is 21.3. The van der Waals surface area contributed by atoms with E-state index in [-0.39, 0.29) is 43.3 Å². The first-order valence-electron chi connectivity index (χ1n) is 21.3. The monoisotopic (exact) mass is 903 g/mol. The van der Waals surface area contributed by atoms with E-state index in [4.69, 9.17) is 47.1 Å². The molecule has 10 N–H and O–H groups in total. The highest BCUT2D eigenvalue weighted by Crippen LogP contribution is 2.22. The van der Waals surface area contributed by atoms with E-state index >= 15 is 0 Å². The predicted molar refractivity (Wildman–Crippen MR) is 226 cm³/mol. The molecule has 5 heterocycles. The molecule has 2 saturated heterocycles. The highest BCUT2D eigenvalue weighted by Gasteiger charge is 2.34. The number of anilines is 3. The van der Waals surface area contributed by atoms with Crippen molar-refractivity contribution in [3.05, 3.63) is 23.8 Å². The molecule has 348 valence electrons. The van der Waals surface area contributed by atoms with Gasteiger partial charge in [0.05, 0.1) is 63.6 Å². The summed E-state index contributed by atoms with van der Waals surface area (Å²) in [5.74, 6) is 3.61. The van der Waals surface area contributed by atoms with Gasteiger partial charge in [-0.1, -0.05) is 16.3 Å². The summed E-state index contributed by atoms with van der Waals surface area (Å²) >= 11 is 0. The highest BCUT2D eigenvalue weighted by atomic mass is 35.5. The van der Waals surface area contributed by atoms with Crippen LogP contribution in [0.2, 0.25) is 0 Å². The predicted octanol–water partition coefficient (Wildman–Crippen LogP) is -8.38. The number of aliphatic hydroxyl groups is 1. The van der Waals surface area contributed by atoms with Crippen molar-refractivity contribution in [2.75, 3.05) is 127 Å². The molecular formula is C38H64ClN18O6+. The fourth-order valence-electron chi connectivity index (χ4n) is 6.85. The van der Waals surface area contributed by atoms with Gasteiger partial charge in [-0.05, 0) is 39.0 Å². The second-order valence-corrected chi connectivity index (χ2v) is 14.9. The van der Waals surface area contributed by atoms with Gasteiger partial charge in [0.25, 0.3) is 0 Å². The number of guanidine groups is 1. The molecule has 2 aliphatic rings. The fraction of sp³-hybridized carbons (Fsp3) is 0.684. The van der Waals surface area contributed by atoms with Crippen molar-refractivity contribution in [1.82, 2.24) is 54.7 Å². The van der Waals surface area contributed by atoms with Crippen molar-refractivity contribution in [2.24, 2.45) is 11.5 Å². The second kappa shape index (κ2) is 26.9. The number of quaternary nitrogens is 1. The van der Waals surface area contributed by atoms with Crippen molar-refractivity contribution >= 4 is 35.6 Å². The van der Waals surface area contributed by atoms with Crippen molar-refractivity contribution < 1.29 is 52.0 Å². The van der Waals surface area contributed by atoms with Gasteiger partial charge in [0, 0.05) is 71.3 Å². The van der Waals surface area contributed by atoms with Gasteiger partial charge in [0.15, 0.2) is 6.04 Å². The number of carbonyl (C=O) groups is 2. The van der Waals surface area contributed by atoms with E-state index in [0.717, 1.165) is 43.6 Å². The summed E-state index contributed by atoms with van der Waals surface area (Å²) in [7, 11) is 0. The Balaban J connectivity index is 0.00000871. The Hall–Kier alpha value is -5.45. The lowest BCUT2D eigenvalue weighted by molar-refractivity contribution is -0.459. The third-order valence-corrected chi connectivity index (χ3v) is 10.2. The average Bonchev–Trinajstić information content (AvgIpc) is 3.93. The number of unbranched alkanes of at least 4 members (excludes halogenated alkanes) is 1. The number of aryl methyl sites for hydroxylation is 2. The van der Waals surface area contributed by atoms with Crippen LogP contribution in [0, 0.1) is 12.3 Å². The summed E-state index contributed by atoms with van der Waals surface area (Å²) in [6.07, 6.45) is 11.8. The molecule has 3 aromatic rings. The Labute approximate surface area is 373 Å². The molecule has 0 saturated carbocycles. The summed E-state index contributed by atoms with van der Waals surface area (Å²) in [5.41, 5.74) is 16.3. The lowest BCUT2D eigenvalue weighted by Gasteiger charge is -2.37. The number of nitrogens with one attached hydrogen (secondary N) is 2. The van der Waals surface area contributed by atoms with Crippen LogP contribution in [0.5, 0.6) is 0 Å². The van der Waals surface area contributed by atoms with Gasteiger partial charge in [0.1, 0.15) is 13.2 Å². The Kier molecular flexibility index (Phi) is 21.4. The van der Waals surface area contributed by atoms with Crippen LogP contribution >= 0.6 is 0 Å². The van der Waals surface area contributed by atoms with Gasteiger partial charge in [-0.3, -0.25) is 26.0 Å². The normalized spacial score (nSPS) is 15.1. The van der Waals surface area contributed by atoms with Crippen LogP contribution in [0.25, 0.3) is 0 Å². The number of nitrogens with two attached hydrogens (primary N) is 2. The number of halogens is 1. The molecule has 2 aliphatic heterocycles. The Morgan fingerprint density at radius 2 is 1.46 bits per heavy atom. The number of hydrogen-bond acceptors (Lipinski definition) is 16. The lowest BCUT2D eigenvalue weighted by atomic mass is 10.1. The van der Waals surface area contributed by atoms with Crippen molar-refractivity contribution in [3.8, 4) is 12.3 Å². The molecule has 2 atom stereocenters. The van der Waals surface area contributed by atoms with Crippen LogP contribution in [-0.2, 0) is 43.2 Å². The van der Waals surface area contributed by atoms with Crippen LogP contribution < -0.4 is 49.7 Å². The zero-order valence-electron chi connectivity index (χ0n) is 36.2. The van der Waals surface area contributed by atoms with E-state index in [0.29, 0.717) is 123 Å². The number of amides is 2. The molecule has 63 heavy (non-hydrogen) atoms. The van der Waals surface area contributed by atoms with Crippen molar-refractivity contribution in [2.45, 2.75) is 57.7 Å². The van der Waals surface area contributed by atoms with Crippen LogP contribution in [0.15, 0.2) is 12.4 Å². The molecule has 24 nitrogen and oxygen atoms in total. The third kappa shape index (κ3) is 16.3. The first-order chi connectivity index (χ1) is 30.1. The number of aliphatic hydroxyl groups excluding tert-OH is 1. The molecule has 2 amide bonds. The zero-order valence-corrected chi connectivity index (χ0v) is 36.9. The number of rotatable bonds is 26. The first kappa shape index (κ1) is 50.2. The fourth-order valence-corrected chi connectivity index (χ4v) is 6.85. The average molecular weight is 905 g/mol. The topological polar surface area (TPSA) is 301 Å². The second-order valence-electron chi connectivity index (χ2n) is 14.9. The van der Waals surface area contributed by atoms with E-state index in [9.17, 15) is 14.7 Å². The van der Waals surface area contributed by atoms with Crippen LogP contribution in [-0.4, -0.2) is 195 Å². The van der Waals surface area contributed by atoms with Gasteiger partial charge in [-0.25, -0.2) is 9.36 Å². The van der Waals surface area contributed by atoms with Gasteiger partial charge >= 0.3 is 5.96 Å². The van der Waals surface area contributed by atoms with Gasteiger partial charge < -0.3 is 62.4 Å². The summed E-state index contributed by atoms with van der Waals surface area (Å²) in [5, 5.41) is 30.7. The number of aromatic nitrogens is 9. The number of terminal acetylenes is 1. The highest BCUT2D eigenvalue weighted by molar-refractivity contribution is 5.81. The number of piperazine rings is 2. The van der Waals surface area contributed by atoms with Crippen LogP contribution in [0.3, 0.4) is 0 Å². The summed E-state index contributed by atoms with van der Waals surface area (Å²) in [6.45, 7) is 9.49. The molecular weight excluding hydrogens is 840 g/mol. The van der Waals surface area contributed by atoms with E-state index in [1.165, 1.54) is 4.68 Å². The number of ether oxygens (including phenoxy) is 3. The zero-order chi connectivity index (χ0) is 44.1. The van der Waals surface area contributed by atoms with Crippen LogP contribution in [0.4, 0.5) is 17.8 Å². The molecule has 2 fully saturated rings. The minimum absolute atomic E-state index is 0. The van der Waals surface area contributed by atoms with E-state index in [2.05, 4.69) is 42.6 Å². The Bertz CT molecular complexity index is 1890. The summed E-state index contributed by atoms with van der Waals surface area (Å²) in [4.78, 5) is 52.0. The minimum atomic E-state index is -0.976. The number of hydrogen-bond donors (Lipinski definition) is 6. The Morgan fingerprint density at radius 1 is 0.857 bits per heavy atom. The molecule has 5 rings (SSSR count). The van der Waals surface area contributed by atoms with Crippen molar-refractivity contribution in [1.29, 1.82) is 0 Å². The standard InChI is InChI=1S/C38H62N18O6.ClH/c1-3-20-60-22-24-62-25-23-61-21-11-43-36-44-37(53-16-12-51(13-17-53)32(58)28-55-26-30(47-49-55)8-6-10-42-35(40)41)46-38(45-36)54-18-14-52(15-19-54)34(59)33(29(2)57)56-27-31(48-50-56)7-4-5-9-39;/h1,26-27,29,33,57H,4-25,28,39H2,2H3,(H4,40,41,42)(H,43,44,45,46);1H/p+1/t29-,33+;/m1./s1. The molecule has 0 radical (unpaired) electrons. The van der Waals surface area contributed by atoms with E-state index < -0.39 is 12.1 Å². The smallest absolute Gasteiger partial charge is 0.338 e. The van der Waals surface area contributed by atoms with Crippen molar-refractivity contribution in [3.63, 3.8) is 0 Å². The molecule has 3 aromatic heterocycles. The summed E-state index contributed by atoms with van der Waals surface area (Å²) in [6, 6.07) is -0.898. The lowest BCUT2D eigenvalue weighted by Crippen LogP contribution is -3.00. The molecule has 0 unspecified atom stereocenters. The van der Waals surface area contributed by atoms with Crippen LogP contribution in [0.1, 0.15) is 43.6 Å². The van der Waals surface area contributed by atoms with Gasteiger partial charge in [-0.15, -0.1) is 16.6 Å².